The standard InChI is InChI=1S/C42H58N4O9S/c1-39(2,3)34-36(48)46-23-41(54-7,22-32(46)35(47)44-42(21-31(42)25-11-12-25)37(49)45-56(51,52)30-15-16-30)29-14-13-26-20-33(53-6)27(18-28(26)19-29)10-8-9-17-40(4,5)24-55-38(50)43-34/h13-14,18-20,25,30-32,34H,8-12,15-17,21-24H2,1-7H3,(H,43,50)(H,44,47)(H,45,49)/t31-,32+,34-,41+,42-/m1/s1. The molecular weight excluding hydrogens is 737 g/mol. The molecule has 5 atom stereocenters. The molecule has 7 rings (SSSR count). The lowest BCUT2D eigenvalue weighted by molar-refractivity contribution is -0.143. The number of cyclic esters (lactones) is 1. The fraction of sp³-hybridized carbons (Fsp3) is 0.667. The first kappa shape index (κ1) is 40.3. The number of alkyl carbamates (subject to hydrolysis) is 1. The monoisotopic (exact) mass is 794 g/mol. The van der Waals surface area contributed by atoms with Gasteiger partial charge in [-0.15, -0.1) is 0 Å². The number of aryl methyl sites for hydroxylation is 1. The summed E-state index contributed by atoms with van der Waals surface area (Å²) in [6, 6.07) is 7.92. The van der Waals surface area contributed by atoms with Crippen LogP contribution in [0.1, 0.15) is 104 Å². The number of carbonyl (C=O) groups excluding carboxylic acids is 4. The van der Waals surface area contributed by atoms with E-state index >= 15 is 0 Å². The van der Waals surface area contributed by atoms with Crippen molar-refractivity contribution in [1.82, 2.24) is 20.3 Å². The Morgan fingerprint density at radius 3 is 2.36 bits per heavy atom. The van der Waals surface area contributed by atoms with E-state index in [0.29, 0.717) is 19.3 Å². The molecule has 3 N–H and O–H groups in total. The second-order valence-electron chi connectivity index (χ2n) is 18.8. The minimum absolute atomic E-state index is 0.0212. The Hall–Kier alpha value is -3.91. The van der Waals surface area contributed by atoms with Crippen molar-refractivity contribution in [3.8, 4) is 5.75 Å². The molecule has 2 aromatic rings. The first-order valence-corrected chi connectivity index (χ1v) is 21.6. The molecule has 1 saturated heterocycles. The first-order chi connectivity index (χ1) is 26.3. The van der Waals surface area contributed by atoms with E-state index in [1.165, 1.54) is 4.90 Å². The van der Waals surface area contributed by atoms with Crippen molar-refractivity contribution in [3.05, 3.63) is 41.5 Å². The highest BCUT2D eigenvalue weighted by Crippen LogP contribution is 2.57. The zero-order valence-corrected chi connectivity index (χ0v) is 34.6. The third kappa shape index (κ3) is 7.97. The highest BCUT2D eigenvalue weighted by molar-refractivity contribution is 7.91. The number of carbonyl (C=O) groups is 4. The zero-order chi connectivity index (χ0) is 40.4. The summed E-state index contributed by atoms with van der Waals surface area (Å²) < 4.78 is 46.0. The predicted molar refractivity (Wildman–Crippen MR) is 210 cm³/mol. The molecule has 0 spiro atoms. The molecule has 56 heavy (non-hydrogen) atoms. The largest absolute Gasteiger partial charge is 0.496 e. The molecule has 2 aliphatic heterocycles. The van der Waals surface area contributed by atoms with Gasteiger partial charge in [0.05, 0.1) is 25.5 Å². The van der Waals surface area contributed by atoms with E-state index in [1.54, 1.807) is 14.2 Å². The average Bonchev–Trinajstić information content (AvgIpc) is 4.01. The summed E-state index contributed by atoms with van der Waals surface area (Å²) in [5.41, 5.74) is -1.84. The molecule has 3 saturated carbocycles. The number of hydrogen-bond acceptors (Lipinski definition) is 9. The van der Waals surface area contributed by atoms with E-state index in [-0.39, 0.29) is 36.8 Å². The Labute approximate surface area is 330 Å². The van der Waals surface area contributed by atoms with Crippen LogP contribution in [0.15, 0.2) is 30.3 Å². The van der Waals surface area contributed by atoms with E-state index in [1.807, 2.05) is 58.9 Å². The van der Waals surface area contributed by atoms with Crippen LogP contribution in [0, 0.1) is 22.7 Å². The number of hydrogen-bond donors (Lipinski definition) is 3. The molecule has 2 aromatic carbocycles. The van der Waals surface area contributed by atoms with Gasteiger partial charge in [0.2, 0.25) is 21.8 Å². The maximum atomic E-state index is 14.9. The molecule has 0 unspecified atom stereocenters. The van der Waals surface area contributed by atoms with E-state index < -0.39 is 67.7 Å². The van der Waals surface area contributed by atoms with Gasteiger partial charge in [-0.05, 0) is 114 Å². The first-order valence-electron chi connectivity index (χ1n) is 20.1. The van der Waals surface area contributed by atoms with Crippen molar-refractivity contribution in [2.75, 3.05) is 27.4 Å². The van der Waals surface area contributed by atoms with E-state index in [0.717, 1.165) is 66.2 Å². The number of amides is 4. The van der Waals surface area contributed by atoms with Gasteiger partial charge in [0, 0.05) is 13.5 Å². The summed E-state index contributed by atoms with van der Waals surface area (Å²) in [5, 5.41) is 7.15. The van der Waals surface area contributed by atoms with Crippen LogP contribution < -0.4 is 20.1 Å². The van der Waals surface area contributed by atoms with E-state index in [2.05, 4.69) is 21.4 Å². The van der Waals surface area contributed by atoms with Crippen LogP contribution in [0.4, 0.5) is 4.79 Å². The maximum absolute atomic E-state index is 14.9. The van der Waals surface area contributed by atoms with Gasteiger partial charge in [0.15, 0.2) is 0 Å². The SMILES string of the molecule is COc1cc2ccc3cc2cc1CCCCC(C)(C)COC(=O)N[C@@H](C(C)(C)C)C(=O)N1C[C@@]3(OC)C[C@H]1C(=O)N[C@]1(C(=O)NS(=O)(=O)C2CC2)C[C@@H]1C1CC1. The molecule has 4 amide bonds. The Bertz CT molecular complexity index is 2020. The molecule has 13 nitrogen and oxygen atoms in total. The summed E-state index contributed by atoms with van der Waals surface area (Å²) in [5.74, 6) is -1.01. The van der Waals surface area contributed by atoms with Crippen LogP contribution in [0.25, 0.3) is 10.8 Å². The van der Waals surface area contributed by atoms with Gasteiger partial charge >= 0.3 is 6.09 Å². The lowest BCUT2D eigenvalue weighted by Crippen LogP contribution is -2.60. The number of rotatable bonds is 8. The van der Waals surface area contributed by atoms with Crippen LogP contribution in [-0.4, -0.2) is 87.4 Å². The minimum atomic E-state index is -3.87. The fourth-order valence-electron chi connectivity index (χ4n) is 8.83. The number of fused-ring (bicyclic) bond motifs is 5. The van der Waals surface area contributed by atoms with Gasteiger partial charge in [-0.1, -0.05) is 53.2 Å². The van der Waals surface area contributed by atoms with Crippen LogP contribution in [0.3, 0.4) is 0 Å². The molecule has 0 aromatic heterocycles. The summed E-state index contributed by atoms with van der Waals surface area (Å²) in [4.78, 5) is 58.4. The van der Waals surface area contributed by atoms with Crippen LogP contribution in [0.5, 0.6) is 5.75 Å². The number of methoxy groups -OCH3 is 2. The normalized spacial score (nSPS) is 29.8. The molecule has 3 aliphatic carbocycles. The highest BCUT2D eigenvalue weighted by Gasteiger charge is 2.67. The van der Waals surface area contributed by atoms with Crippen molar-refractivity contribution >= 4 is 44.6 Å². The number of nitrogens with zero attached hydrogens (tertiary/aromatic N) is 1. The van der Waals surface area contributed by atoms with Crippen molar-refractivity contribution in [1.29, 1.82) is 0 Å². The zero-order valence-electron chi connectivity index (χ0n) is 33.8. The maximum Gasteiger partial charge on any atom is 0.407 e. The second kappa shape index (κ2) is 14.5. The lowest BCUT2D eigenvalue weighted by Gasteiger charge is -2.36. The van der Waals surface area contributed by atoms with Gasteiger partial charge in [-0.25, -0.2) is 13.2 Å². The Morgan fingerprint density at radius 2 is 1.71 bits per heavy atom. The summed E-state index contributed by atoms with van der Waals surface area (Å²) in [6.45, 7) is 9.73. The molecule has 5 aliphatic rings. The Morgan fingerprint density at radius 1 is 0.982 bits per heavy atom. The number of sulfonamides is 1. The molecule has 2 heterocycles. The highest BCUT2D eigenvalue weighted by atomic mass is 32.2. The third-order valence-corrected chi connectivity index (χ3v) is 14.6. The van der Waals surface area contributed by atoms with E-state index in [9.17, 15) is 27.6 Å². The predicted octanol–water partition coefficient (Wildman–Crippen LogP) is 5.08. The van der Waals surface area contributed by atoms with Gasteiger partial charge in [-0.2, -0.15) is 0 Å². The summed E-state index contributed by atoms with van der Waals surface area (Å²) in [6.07, 6.45) is 5.83. The Balaban J connectivity index is 1.28. The van der Waals surface area contributed by atoms with Gasteiger partial charge in [-0.3, -0.25) is 19.1 Å². The van der Waals surface area contributed by atoms with Gasteiger partial charge in [0.25, 0.3) is 5.91 Å². The van der Waals surface area contributed by atoms with Gasteiger partial charge < -0.3 is 29.7 Å². The van der Waals surface area contributed by atoms with Crippen molar-refractivity contribution in [3.63, 3.8) is 0 Å². The quantitative estimate of drug-likeness (QED) is 0.330. The number of nitrogens with one attached hydrogen (secondary N) is 3. The van der Waals surface area contributed by atoms with Crippen molar-refractivity contribution in [2.24, 2.45) is 22.7 Å². The average molecular weight is 795 g/mol. The van der Waals surface area contributed by atoms with Crippen molar-refractivity contribution in [2.45, 2.75) is 127 Å². The molecule has 4 fully saturated rings. The van der Waals surface area contributed by atoms with Crippen LogP contribution in [-0.2, 0) is 45.9 Å². The second-order valence-corrected chi connectivity index (χ2v) is 20.7. The van der Waals surface area contributed by atoms with E-state index in [4.69, 9.17) is 14.2 Å². The number of ether oxygens (including phenoxy) is 3. The van der Waals surface area contributed by atoms with Crippen LogP contribution in [0.2, 0.25) is 0 Å². The molecular formula is C42H58N4O9S. The van der Waals surface area contributed by atoms with Crippen LogP contribution >= 0.6 is 0 Å². The molecule has 5 bridgehead atoms. The van der Waals surface area contributed by atoms with Gasteiger partial charge in [0.1, 0.15) is 29.0 Å². The molecule has 306 valence electrons. The molecule has 14 heteroatoms. The molecule has 0 radical (unpaired) electrons. The topological polar surface area (TPSA) is 169 Å². The lowest BCUT2D eigenvalue weighted by atomic mass is 9.85. The fourth-order valence-corrected chi connectivity index (χ4v) is 10.2. The smallest absolute Gasteiger partial charge is 0.407 e. The Kier molecular flexibility index (Phi) is 10.4. The van der Waals surface area contributed by atoms with Crippen molar-refractivity contribution < 1.29 is 41.8 Å². The summed E-state index contributed by atoms with van der Waals surface area (Å²) in [7, 11) is -0.645. The minimum Gasteiger partial charge on any atom is -0.496 e. The number of benzene rings is 2. The third-order valence-electron chi connectivity index (χ3n) is 12.7. The summed E-state index contributed by atoms with van der Waals surface area (Å²) >= 11 is 0.